The number of rotatable bonds is 7. The Morgan fingerprint density at radius 2 is 1.84 bits per heavy atom. The van der Waals surface area contributed by atoms with E-state index >= 15 is 0 Å². The summed E-state index contributed by atoms with van der Waals surface area (Å²) in [5.41, 5.74) is 0.915. The molecule has 2 rings (SSSR count). The van der Waals surface area contributed by atoms with Gasteiger partial charge in [-0.2, -0.15) is 0 Å². The largest absolute Gasteiger partial charge is 0.394 e. The van der Waals surface area contributed by atoms with Crippen LogP contribution in [0.5, 0.6) is 0 Å². The van der Waals surface area contributed by atoms with Crippen molar-refractivity contribution in [1.29, 1.82) is 0 Å². The Labute approximate surface area is 113 Å². The molecule has 6 heteroatoms. The van der Waals surface area contributed by atoms with E-state index < -0.39 is 6.04 Å². The maximum absolute atomic E-state index is 9.16. The second-order valence-corrected chi connectivity index (χ2v) is 4.92. The zero-order valence-corrected chi connectivity index (χ0v) is 11.5. The highest BCUT2D eigenvalue weighted by Crippen LogP contribution is 2.39. The van der Waals surface area contributed by atoms with Crippen LogP contribution < -0.4 is 10.6 Å². The maximum atomic E-state index is 9.16. The monoisotopic (exact) mass is 266 g/mol. The van der Waals surface area contributed by atoms with Crippen molar-refractivity contribution < 1.29 is 10.2 Å². The summed E-state index contributed by atoms with van der Waals surface area (Å²) in [4.78, 5) is 9.08. The smallest absolute Gasteiger partial charge is 0.136 e. The highest BCUT2D eigenvalue weighted by atomic mass is 16.3. The van der Waals surface area contributed by atoms with Gasteiger partial charge in [0.25, 0.3) is 0 Å². The predicted molar refractivity (Wildman–Crippen MR) is 74.5 cm³/mol. The number of nitrogens with one attached hydrogen (secondary N) is 2. The lowest BCUT2D eigenvalue weighted by molar-refractivity contribution is 0.203. The van der Waals surface area contributed by atoms with Crippen LogP contribution in [-0.2, 0) is 0 Å². The lowest BCUT2D eigenvalue weighted by atomic mass is 10.2. The molecule has 0 saturated heterocycles. The van der Waals surface area contributed by atoms with Crippen LogP contribution in [0.25, 0.3) is 0 Å². The van der Waals surface area contributed by atoms with E-state index in [9.17, 15) is 0 Å². The molecule has 0 amide bonds. The molecule has 1 aliphatic rings. The fourth-order valence-electron chi connectivity index (χ4n) is 1.88. The van der Waals surface area contributed by atoms with Gasteiger partial charge >= 0.3 is 0 Å². The van der Waals surface area contributed by atoms with Crippen molar-refractivity contribution in [2.75, 3.05) is 30.4 Å². The van der Waals surface area contributed by atoms with E-state index in [1.807, 2.05) is 13.8 Å². The summed E-state index contributed by atoms with van der Waals surface area (Å²) < 4.78 is 0. The van der Waals surface area contributed by atoms with Crippen molar-refractivity contribution in [3.8, 4) is 0 Å². The first-order valence-corrected chi connectivity index (χ1v) is 6.80. The van der Waals surface area contributed by atoms with Crippen LogP contribution in [0.4, 0.5) is 11.6 Å². The summed E-state index contributed by atoms with van der Waals surface area (Å²) in [5.74, 6) is 2.83. The molecule has 1 aromatic rings. The number of nitrogens with zero attached hydrogens (tertiary/aromatic N) is 2. The van der Waals surface area contributed by atoms with Crippen molar-refractivity contribution in [3.05, 3.63) is 11.4 Å². The van der Waals surface area contributed by atoms with Gasteiger partial charge in [0, 0.05) is 18.0 Å². The molecular weight excluding hydrogens is 244 g/mol. The minimum atomic E-state index is -0.393. The molecule has 0 unspecified atom stereocenters. The third kappa shape index (κ3) is 3.33. The van der Waals surface area contributed by atoms with E-state index in [1.165, 1.54) is 0 Å². The molecule has 6 nitrogen and oxygen atoms in total. The van der Waals surface area contributed by atoms with Gasteiger partial charge in [-0.1, -0.05) is 0 Å². The Hall–Kier alpha value is -1.40. The summed E-state index contributed by atoms with van der Waals surface area (Å²) in [6, 6.07) is -0.393. The van der Waals surface area contributed by atoms with Crippen molar-refractivity contribution in [3.63, 3.8) is 0 Å². The van der Waals surface area contributed by atoms with Gasteiger partial charge in [0.1, 0.15) is 17.5 Å². The number of anilines is 2. The van der Waals surface area contributed by atoms with Crippen molar-refractivity contribution >= 4 is 11.6 Å². The summed E-state index contributed by atoms with van der Waals surface area (Å²) in [7, 11) is 0. The summed E-state index contributed by atoms with van der Waals surface area (Å²) in [6.45, 7) is 4.49. The van der Waals surface area contributed by atoms with Gasteiger partial charge in [0.05, 0.1) is 19.3 Å². The Balaban J connectivity index is 2.28. The molecule has 4 N–H and O–H groups in total. The van der Waals surface area contributed by atoms with E-state index in [4.69, 9.17) is 10.2 Å². The first kappa shape index (κ1) is 14.0. The average Bonchev–Trinajstić information content (AvgIpc) is 3.24. The maximum Gasteiger partial charge on any atom is 0.136 e. The Morgan fingerprint density at radius 3 is 2.37 bits per heavy atom. The van der Waals surface area contributed by atoms with Crippen molar-refractivity contribution in [1.82, 2.24) is 9.97 Å². The molecule has 1 fully saturated rings. The summed E-state index contributed by atoms with van der Waals surface area (Å²) in [5, 5.41) is 24.6. The first-order valence-electron chi connectivity index (χ1n) is 6.80. The molecule has 1 heterocycles. The fourth-order valence-corrected chi connectivity index (χ4v) is 1.88. The predicted octanol–water partition coefficient (Wildman–Crippen LogP) is 0.859. The van der Waals surface area contributed by atoms with Gasteiger partial charge in [0.2, 0.25) is 0 Å². The SMILES string of the molecule is CCNc1nc(C2CC2)nc(NC(CO)CO)c1C. The molecular formula is C13H22N4O2. The van der Waals surface area contributed by atoms with E-state index in [2.05, 4.69) is 20.6 Å². The van der Waals surface area contributed by atoms with Crippen LogP contribution >= 0.6 is 0 Å². The molecule has 19 heavy (non-hydrogen) atoms. The van der Waals surface area contributed by atoms with Gasteiger partial charge in [-0.15, -0.1) is 0 Å². The lowest BCUT2D eigenvalue weighted by Crippen LogP contribution is -2.29. The highest BCUT2D eigenvalue weighted by molar-refractivity contribution is 5.58. The Bertz CT molecular complexity index is 431. The van der Waals surface area contributed by atoms with Gasteiger partial charge in [0.15, 0.2) is 0 Å². The third-order valence-electron chi connectivity index (χ3n) is 3.23. The molecule has 0 spiro atoms. The molecule has 0 radical (unpaired) electrons. The minimum absolute atomic E-state index is 0.130. The fraction of sp³-hybridized carbons (Fsp3) is 0.692. The standard InChI is InChI=1S/C13H22N4O2/c1-3-14-11-8(2)12(15-10(6-18)7-19)17-13(16-11)9-4-5-9/h9-10,18-19H,3-7H2,1-2H3,(H2,14,15,16,17). The minimum Gasteiger partial charge on any atom is -0.394 e. The first-order chi connectivity index (χ1) is 9.19. The van der Waals surface area contributed by atoms with E-state index in [0.717, 1.165) is 36.6 Å². The van der Waals surface area contributed by atoms with Crippen LogP contribution in [0, 0.1) is 6.92 Å². The van der Waals surface area contributed by atoms with Gasteiger partial charge in [-0.05, 0) is 26.7 Å². The van der Waals surface area contributed by atoms with Gasteiger partial charge < -0.3 is 20.8 Å². The molecule has 1 saturated carbocycles. The number of aromatic nitrogens is 2. The Morgan fingerprint density at radius 1 is 1.21 bits per heavy atom. The normalized spacial score (nSPS) is 14.8. The van der Waals surface area contributed by atoms with Gasteiger partial charge in [-0.25, -0.2) is 9.97 Å². The number of hydrogen-bond acceptors (Lipinski definition) is 6. The van der Waals surface area contributed by atoms with Crippen LogP contribution in [0.2, 0.25) is 0 Å². The molecule has 0 bridgehead atoms. The lowest BCUT2D eigenvalue weighted by Gasteiger charge is -2.18. The Kier molecular flexibility index (Phi) is 4.55. The zero-order chi connectivity index (χ0) is 13.8. The van der Waals surface area contributed by atoms with Crippen LogP contribution in [0.15, 0.2) is 0 Å². The number of hydrogen-bond donors (Lipinski definition) is 4. The topological polar surface area (TPSA) is 90.3 Å². The number of aliphatic hydroxyl groups excluding tert-OH is 2. The second kappa shape index (κ2) is 6.16. The summed E-state index contributed by atoms with van der Waals surface area (Å²) >= 11 is 0. The average molecular weight is 266 g/mol. The van der Waals surface area contributed by atoms with E-state index in [1.54, 1.807) is 0 Å². The molecule has 106 valence electrons. The molecule has 0 aromatic carbocycles. The molecule has 0 atom stereocenters. The zero-order valence-electron chi connectivity index (χ0n) is 11.5. The number of aliphatic hydroxyl groups is 2. The molecule has 1 aromatic heterocycles. The van der Waals surface area contributed by atoms with Gasteiger partial charge in [-0.3, -0.25) is 0 Å². The van der Waals surface area contributed by atoms with Crippen molar-refractivity contribution in [2.24, 2.45) is 0 Å². The third-order valence-corrected chi connectivity index (χ3v) is 3.23. The van der Waals surface area contributed by atoms with Crippen LogP contribution in [-0.4, -0.2) is 46.0 Å². The van der Waals surface area contributed by atoms with Crippen LogP contribution in [0.3, 0.4) is 0 Å². The molecule has 0 aliphatic heterocycles. The van der Waals surface area contributed by atoms with Crippen LogP contribution in [0.1, 0.15) is 37.1 Å². The van der Waals surface area contributed by atoms with E-state index in [0.29, 0.717) is 11.7 Å². The quantitative estimate of drug-likeness (QED) is 0.585. The summed E-state index contributed by atoms with van der Waals surface area (Å²) in [6.07, 6.45) is 2.27. The highest BCUT2D eigenvalue weighted by Gasteiger charge is 2.28. The van der Waals surface area contributed by atoms with Crippen molar-refractivity contribution in [2.45, 2.75) is 38.6 Å². The second-order valence-electron chi connectivity index (χ2n) is 4.92. The molecule has 1 aliphatic carbocycles. The van der Waals surface area contributed by atoms with E-state index in [-0.39, 0.29) is 13.2 Å².